The van der Waals surface area contributed by atoms with E-state index in [1.54, 1.807) is 0 Å². The maximum atomic E-state index is 8.36. The Hall–Kier alpha value is -3.50. The van der Waals surface area contributed by atoms with E-state index in [0.29, 0.717) is 0 Å². The summed E-state index contributed by atoms with van der Waals surface area (Å²) < 4.78 is 0. The molecule has 0 bridgehead atoms. The predicted molar refractivity (Wildman–Crippen MR) is 62.7 cm³/mol. The molecule has 0 amide bonds. The van der Waals surface area contributed by atoms with E-state index >= 15 is 0 Å². The number of hydrogen-bond acceptors (Lipinski definition) is 14. The van der Waals surface area contributed by atoms with Crippen LogP contribution in [-0.2, 0) is 0 Å². The third-order valence-corrected chi connectivity index (χ3v) is 0. The molecule has 164 valence electrons. The molecule has 0 rings (SSSR count). The van der Waals surface area contributed by atoms with Crippen molar-refractivity contribution in [2.45, 2.75) is 0 Å². The molecule has 0 atom stereocenters. The van der Waals surface area contributed by atoms with Gasteiger partial charge in [0.1, 0.15) is 0 Å². The molecule has 0 fully saturated rings. The van der Waals surface area contributed by atoms with Gasteiger partial charge in [0, 0.05) is 41.7 Å². The molecule has 0 saturated carbocycles. The van der Waals surface area contributed by atoms with Gasteiger partial charge in [0.25, 0.3) is 30.5 Å². The van der Waals surface area contributed by atoms with Crippen LogP contribution in [0.5, 0.6) is 0 Å². The summed E-state index contributed by atoms with van der Waals surface area (Å²) in [6.45, 7) is 0. The fraction of sp³-hybridized carbons (Fsp3) is 0. The van der Waals surface area contributed by atoms with Crippen molar-refractivity contribution < 1.29 is 104 Å². The first-order chi connectivity index (χ1) is 10.4. The van der Waals surface area contributed by atoms with Gasteiger partial charge in [-0.1, -0.05) is 0 Å². The monoisotopic (exact) mass is 552 g/mol. The normalized spacial score (nSPS) is 5.33. The van der Waals surface area contributed by atoms with Crippen LogP contribution in [0, 0.1) is 102 Å². The van der Waals surface area contributed by atoms with Crippen LogP contribution < -0.4 is 12.3 Å². The van der Waals surface area contributed by atoms with Crippen molar-refractivity contribution in [1.29, 1.82) is 0 Å². The topological polar surface area (TPSA) is 450 Å². The van der Waals surface area contributed by atoms with Crippen molar-refractivity contribution in [2.24, 2.45) is 0 Å². The van der Waals surface area contributed by atoms with Crippen molar-refractivity contribution in [3.63, 3.8) is 0 Å². The maximum absolute atomic E-state index is 8.36. The van der Waals surface area contributed by atoms with Crippen LogP contribution in [0.15, 0.2) is 0 Å². The Morgan fingerprint density at radius 2 is 0.370 bits per heavy atom. The van der Waals surface area contributed by atoms with Gasteiger partial charge in [-0.05, 0) is 0 Å². The zero-order valence-corrected chi connectivity index (χ0v) is 15.3. The first-order valence-electron chi connectivity index (χ1n) is 3.39. The average Bonchev–Trinajstić information content (AvgIpc) is 2.08. The van der Waals surface area contributed by atoms with Crippen LogP contribution in [0.3, 0.4) is 0 Å². The number of nitrogens with zero attached hydrogens (tertiary/aromatic N) is 6. The summed E-state index contributed by atoms with van der Waals surface area (Å²) in [5.41, 5.74) is 0. The molecular formula is H12CeN8O18. The van der Waals surface area contributed by atoms with E-state index in [1.807, 2.05) is 0 Å². The van der Waals surface area contributed by atoms with E-state index in [-0.39, 0.29) is 54.0 Å². The van der Waals surface area contributed by atoms with Crippen molar-refractivity contribution >= 4 is 0 Å². The van der Waals surface area contributed by atoms with Gasteiger partial charge in [0.2, 0.25) is 0 Å². The molecular weight excluding hydrogens is 540 g/mol. The summed E-state index contributed by atoms with van der Waals surface area (Å²) >= 11 is 0. The first-order valence-corrected chi connectivity index (χ1v) is 3.39. The summed E-state index contributed by atoms with van der Waals surface area (Å²) in [6.07, 6.45) is 0. The fourth-order valence-corrected chi connectivity index (χ4v) is 0. The molecule has 0 aliphatic rings. The fourth-order valence-electron chi connectivity index (χ4n) is 0. The SMILES string of the molecule is N.N.O=[N+]([O-])O.O=[N+]([O-])O.O=[N+]([O-])O.O=[N+]([O-])O.O=[N+]([O-])O.O=[N+]([O-])O.[Ce]. The van der Waals surface area contributed by atoms with Crippen molar-refractivity contribution in [1.82, 2.24) is 12.3 Å². The van der Waals surface area contributed by atoms with E-state index in [9.17, 15) is 0 Å². The molecule has 0 radical (unpaired) electrons. The van der Waals surface area contributed by atoms with E-state index in [0.717, 1.165) is 0 Å². The van der Waals surface area contributed by atoms with Gasteiger partial charge in [0.15, 0.2) is 0 Å². The maximum Gasteiger partial charge on any atom is 0.291 e. The Morgan fingerprint density at radius 1 is 0.370 bits per heavy atom. The molecule has 0 aliphatic carbocycles. The van der Waals surface area contributed by atoms with Crippen LogP contribution in [0.25, 0.3) is 0 Å². The molecule has 27 heteroatoms. The standard InChI is InChI=1S/Ce.6HNO3.2H3N/c;6*2-1(3)4;;/h;6*(H,2,3,4);2*1H3. The molecule has 0 spiro atoms. The Labute approximate surface area is 176 Å². The molecule has 0 aliphatic heterocycles. The second-order valence-corrected chi connectivity index (χ2v) is 1.43. The van der Waals surface area contributed by atoms with Crippen LogP contribution in [0.4, 0.5) is 0 Å². The van der Waals surface area contributed by atoms with Crippen LogP contribution in [0.2, 0.25) is 0 Å². The van der Waals surface area contributed by atoms with Crippen molar-refractivity contribution in [2.75, 3.05) is 0 Å². The van der Waals surface area contributed by atoms with E-state index < -0.39 is 30.5 Å². The van der Waals surface area contributed by atoms with Crippen LogP contribution >= 0.6 is 0 Å². The van der Waals surface area contributed by atoms with E-state index in [1.165, 1.54) is 0 Å². The minimum absolute atomic E-state index is 0. The van der Waals surface area contributed by atoms with Gasteiger partial charge in [-0.3, -0.25) is 0 Å². The molecule has 12 N–H and O–H groups in total. The third-order valence-electron chi connectivity index (χ3n) is 0. The minimum Gasteiger partial charge on any atom is -0.344 e. The van der Waals surface area contributed by atoms with E-state index in [2.05, 4.69) is 0 Å². The molecule has 0 heterocycles. The molecule has 26 nitrogen and oxygen atoms in total. The quantitative estimate of drug-likeness (QED) is 0.122. The summed E-state index contributed by atoms with van der Waals surface area (Å²) in [4.78, 5) is 50.2. The van der Waals surface area contributed by atoms with Gasteiger partial charge < -0.3 is 43.5 Å². The number of hydrogen-bond donors (Lipinski definition) is 8. The van der Waals surface area contributed by atoms with Crippen molar-refractivity contribution in [3.8, 4) is 0 Å². The van der Waals surface area contributed by atoms with Gasteiger partial charge in [0.05, 0.1) is 0 Å². The Balaban J connectivity index is -0.0000000201. The van der Waals surface area contributed by atoms with Crippen molar-refractivity contribution in [3.05, 3.63) is 60.7 Å². The third kappa shape index (κ3) is 770. The predicted octanol–water partition coefficient (Wildman–Crippen LogP) is -1.76. The van der Waals surface area contributed by atoms with Gasteiger partial charge >= 0.3 is 0 Å². The van der Waals surface area contributed by atoms with Crippen LogP contribution in [0.1, 0.15) is 0 Å². The second-order valence-electron chi connectivity index (χ2n) is 1.43. The number of rotatable bonds is 0. The zero-order chi connectivity index (χ0) is 21.5. The molecule has 0 aromatic heterocycles. The zero-order valence-electron chi connectivity index (χ0n) is 12.2. The summed E-state index contributed by atoms with van der Waals surface area (Å²) in [5, 5.41) is 81.8. The van der Waals surface area contributed by atoms with Gasteiger partial charge in [-0.25, -0.2) is 0 Å². The van der Waals surface area contributed by atoms with E-state index in [4.69, 9.17) is 91.9 Å². The Bertz CT molecular complexity index is 260. The molecule has 0 aromatic carbocycles. The minimum atomic E-state index is -1.50. The average molecular weight is 552 g/mol. The molecule has 0 aromatic rings. The van der Waals surface area contributed by atoms with Crippen LogP contribution in [-0.4, -0.2) is 61.8 Å². The molecule has 0 unspecified atom stereocenters. The summed E-state index contributed by atoms with van der Waals surface area (Å²) in [7, 11) is 0. The summed E-state index contributed by atoms with van der Waals surface area (Å²) in [6, 6.07) is 0. The first kappa shape index (κ1) is 56.6. The molecule has 27 heavy (non-hydrogen) atoms. The smallest absolute Gasteiger partial charge is 0.291 e. The van der Waals surface area contributed by atoms with Gasteiger partial charge in [-0.2, -0.15) is 0 Å². The second kappa shape index (κ2) is 49.5. The largest absolute Gasteiger partial charge is 0.344 e. The summed E-state index contributed by atoms with van der Waals surface area (Å²) in [5.74, 6) is 0. The molecule has 0 saturated heterocycles. The Kier molecular flexibility index (Phi) is 104. The van der Waals surface area contributed by atoms with Gasteiger partial charge in [-0.15, -0.1) is 60.7 Å². The Morgan fingerprint density at radius 3 is 0.370 bits per heavy atom.